The van der Waals surface area contributed by atoms with Gasteiger partial charge in [-0.05, 0) is 41.6 Å². The molecular formula is C9H12BrNS. The molecule has 0 fully saturated rings. The van der Waals surface area contributed by atoms with Gasteiger partial charge in [0.05, 0.1) is 5.69 Å². The van der Waals surface area contributed by atoms with Gasteiger partial charge in [-0.15, -0.1) is 11.3 Å². The zero-order valence-corrected chi connectivity index (χ0v) is 9.38. The molecule has 1 aromatic rings. The summed E-state index contributed by atoms with van der Waals surface area (Å²) in [4.78, 5) is 6.00. The zero-order valence-electron chi connectivity index (χ0n) is 6.98. The van der Waals surface area contributed by atoms with Gasteiger partial charge in [-0.3, -0.25) is 0 Å². The van der Waals surface area contributed by atoms with Gasteiger partial charge in [-0.1, -0.05) is 12.8 Å². The van der Waals surface area contributed by atoms with E-state index in [1.807, 2.05) is 11.3 Å². The molecule has 1 aliphatic rings. The summed E-state index contributed by atoms with van der Waals surface area (Å²) >= 11 is 5.27. The molecule has 1 heterocycles. The van der Waals surface area contributed by atoms with Gasteiger partial charge in [0.2, 0.25) is 0 Å². The maximum absolute atomic E-state index is 4.49. The number of halogens is 1. The number of aryl methyl sites for hydroxylation is 2. The van der Waals surface area contributed by atoms with Crippen molar-refractivity contribution in [3.63, 3.8) is 0 Å². The third kappa shape index (κ3) is 1.88. The monoisotopic (exact) mass is 245 g/mol. The van der Waals surface area contributed by atoms with E-state index in [9.17, 15) is 0 Å². The van der Waals surface area contributed by atoms with Crippen molar-refractivity contribution in [3.05, 3.63) is 14.5 Å². The van der Waals surface area contributed by atoms with Crippen molar-refractivity contribution in [2.75, 3.05) is 0 Å². The second kappa shape index (κ2) is 3.88. The molecule has 1 aromatic heterocycles. The minimum Gasteiger partial charge on any atom is -0.234 e. The zero-order chi connectivity index (χ0) is 8.39. The van der Waals surface area contributed by atoms with Crippen LogP contribution in [0.4, 0.5) is 0 Å². The van der Waals surface area contributed by atoms with E-state index >= 15 is 0 Å². The van der Waals surface area contributed by atoms with E-state index in [2.05, 4.69) is 20.9 Å². The lowest BCUT2D eigenvalue weighted by atomic mass is 10.0. The van der Waals surface area contributed by atoms with Crippen molar-refractivity contribution in [1.29, 1.82) is 0 Å². The summed E-state index contributed by atoms with van der Waals surface area (Å²) in [5.74, 6) is 0. The Morgan fingerprint density at radius 2 is 1.83 bits per heavy atom. The van der Waals surface area contributed by atoms with Crippen LogP contribution in [0.2, 0.25) is 0 Å². The van der Waals surface area contributed by atoms with Gasteiger partial charge in [-0.25, -0.2) is 4.98 Å². The largest absolute Gasteiger partial charge is 0.234 e. The lowest BCUT2D eigenvalue weighted by molar-refractivity contribution is 0.615. The average molecular weight is 246 g/mol. The van der Waals surface area contributed by atoms with Crippen molar-refractivity contribution in [2.45, 2.75) is 38.5 Å². The molecule has 66 valence electrons. The van der Waals surface area contributed by atoms with Gasteiger partial charge < -0.3 is 0 Å². The molecule has 2 rings (SSSR count). The predicted octanol–water partition coefficient (Wildman–Crippen LogP) is 3.56. The van der Waals surface area contributed by atoms with Crippen molar-refractivity contribution >= 4 is 27.3 Å². The molecule has 0 unspecified atom stereocenters. The van der Waals surface area contributed by atoms with Crippen LogP contribution in [0.25, 0.3) is 0 Å². The Labute approximate surface area is 85.3 Å². The molecule has 12 heavy (non-hydrogen) atoms. The number of fused-ring (bicyclic) bond motifs is 1. The maximum Gasteiger partial charge on any atom is 0.159 e. The Kier molecular flexibility index (Phi) is 2.81. The Hall–Kier alpha value is 0.110. The van der Waals surface area contributed by atoms with E-state index in [4.69, 9.17) is 0 Å². The summed E-state index contributed by atoms with van der Waals surface area (Å²) < 4.78 is 1.06. The first-order chi connectivity index (χ1) is 5.86. The molecule has 0 N–H and O–H groups in total. The van der Waals surface area contributed by atoms with Crippen LogP contribution >= 0.6 is 27.3 Å². The quantitative estimate of drug-likeness (QED) is 0.682. The highest BCUT2D eigenvalue weighted by Crippen LogP contribution is 2.28. The topological polar surface area (TPSA) is 12.9 Å². The van der Waals surface area contributed by atoms with Crippen molar-refractivity contribution in [3.8, 4) is 0 Å². The van der Waals surface area contributed by atoms with Crippen LogP contribution in [0.5, 0.6) is 0 Å². The SMILES string of the molecule is Brc1nc2c(s1)CCCCCC2. The summed E-state index contributed by atoms with van der Waals surface area (Å²) in [5, 5.41) is 0. The van der Waals surface area contributed by atoms with Gasteiger partial charge in [-0.2, -0.15) is 0 Å². The van der Waals surface area contributed by atoms with E-state index in [0.29, 0.717) is 0 Å². The molecule has 0 bridgehead atoms. The first-order valence-electron chi connectivity index (χ1n) is 4.50. The van der Waals surface area contributed by atoms with Crippen LogP contribution in [0.15, 0.2) is 3.92 Å². The molecular weight excluding hydrogens is 234 g/mol. The van der Waals surface area contributed by atoms with E-state index < -0.39 is 0 Å². The van der Waals surface area contributed by atoms with Crippen LogP contribution in [-0.2, 0) is 12.8 Å². The molecule has 0 atom stereocenters. The fraction of sp³-hybridized carbons (Fsp3) is 0.667. The summed E-state index contributed by atoms with van der Waals surface area (Å²) in [6.07, 6.45) is 7.89. The molecule has 1 nitrogen and oxygen atoms in total. The number of nitrogens with zero attached hydrogens (tertiary/aromatic N) is 1. The summed E-state index contributed by atoms with van der Waals surface area (Å²) in [6, 6.07) is 0. The molecule has 1 aliphatic carbocycles. The van der Waals surface area contributed by atoms with Crippen molar-refractivity contribution in [2.24, 2.45) is 0 Å². The second-order valence-electron chi connectivity index (χ2n) is 3.25. The predicted molar refractivity (Wildman–Crippen MR) is 55.7 cm³/mol. The summed E-state index contributed by atoms with van der Waals surface area (Å²) in [7, 11) is 0. The first-order valence-corrected chi connectivity index (χ1v) is 6.11. The third-order valence-electron chi connectivity index (χ3n) is 2.32. The number of rotatable bonds is 0. The van der Waals surface area contributed by atoms with E-state index in [1.165, 1.54) is 49.1 Å². The highest BCUT2D eigenvalue weighted by molar-refractivity contribution is 9.11. The van der Waals surface area contributed by atoms with Crippen LogP contribution in [0, 0.1) is 0 Å². The molecule has 3 heteroatoms. The number of thiazole rings is 1. The number of hydrogen-bond donors (Lipinski definition) is 0. The normalized spacial score (nSPS) is 18.1. The first kappa shape index (κ1) is 8.70. The molecule has 0 aromatic carbocycles. The third-order valence-corrected chi connectivity index (χ3v) is 3.93. The van der Waals surface area contributed by atoms with Crippen molar-refractivity contribution in [1.82, 2.24) is 4.98 Å². The fourth-order valence-corrected chi connectivity index (χ4v) is 3.35. The van der Waals surface area contributed by atoms with Gasteiger partial charge >= 0.3 is 0 Å². The molecule has 0 saturated heterocycles. The van der Waals surface area contributed by atoms with E-state index in [0.717, 1.165) is 3.92 Å². The standard InChI is InChI=1S/C9H12BrNS/c10-9-11-7-5-3-1-2-4-6-8(7)12-9/h1-6H2. The van der Waals surface area contributed by atoms with Crippen molar-refractivity contribution < 1.29 is 0 Å². The molecule has 0 saturated carbocycles. The average Bonchev–Trinajstić information content (AvgIpc) is 2.32. The Balaban J connectivity index is 2.23. The fourth-order valence-electron chi connectivity index (χ4n) is 1.67. The molecule has 0 spiro atoms. The Morgan fingerprint density at radius 1 is 1.08 bits per heavy atom. The maximum atomic E-state index is 4.49. The molecule has 0 aliphatic heterocycles. The van der Waals surface area contributed by atoms with Crippen LogP contribution in [0.1, 0.15) is 36.3 Å². The minimum absolute atomic E-state index is 1.06. The highest BCUT2D eigenvalue weighted by Gasteiger charge is 2.11. The summed E-state index contributed by atoms with van der Waals surface area (Å²) in [5.41, 5.74) is 1.35. The highest BCUT2D eigenvalue weighted by atomic mass is 79.9. The lowest BCUT2D eigenvalue weighted by Gasteiger charge is -2.06. The van der Waals surface area contributed by atoms with Crippen LogP contribution in [-0.4, -0.2) is 4.98 Å². The molecule has 0 amide bonds. The van der Waals surface area contributed by atoms with Gasteiger partial charge in [0, 0.05) is 4.88 Å². The van der Waals surface area contributed by atoms with Gasteiger partial charge in [0.25, 0.3) is 0 Å². The second-order valence-corrected chi connectivity index (χ2v) is 5.61. The van der Waals surface area contributed by atoms with Gasteiger partial charge in [0.15, 0.2) is 3.92 Å². The van der Waals surface area contributed by atoms with Gasteiger partial charge in [0.1, 0.15) is 0 Å². The Morgan fingerprint density at radius 3 is 2.67 bits per heavy atom. The number of hydrogen-bond acceptors (Lipinski definition) is 2. The number of aromatic nitrogens is 1. The smallest absolute Gasteiger partial charge is 0.159 e. The van der Waals surface area contributed by atoms with Crippen LogP contribution in [0.3, 0.4) is 0 Å². The summed E-state index contributed by atoms with van der Waals surface area (Å²) in [6.45, 7) is 0. The minimum atomic E-state index is 1.06. The molecule has 0 radical (unpaired) electrons. The van der Waals surface area contributed by atoms with E-state index in [1.54, 1.807) is 0 Å². The lowest BCUT2D eigenvalue weighted by Crippen LogP contribution is -1.96. The van der Waals surface area contributed by atoms with Crippen LogP contribution < -0.4 is 0 Å². The van der Waals surface area contributed by atoms with E-state index in [-0.39, 0.29) is 0 Å². The Bertz CT molecular complexity index is 244.